The number of nitrogens with zero attached hydrogens (tertiary/aromatic N) is 1. The Morgan fingerprint density at radius 3 is 2.43 bits per heavy atom. The number of pyridine rings is 1. The largest absolute Gasteiger partial charge is 0.497 e. The van der Waals surface area contributed by atoms with Crippen LogP contribution in [-0.4, -0.2) is 66.9 Å². The maximum atomic E-state index is 13.7. The molecule has 0 bridgehead atoms. The molecule has 1 aromatic carbocycles. The fourth-order valence-corrected chi connectivity index (χ4v) is 5.38. The highest BCUT2D eigenvalue weighted by Gasteiger charge is 2.62. The van der Waals surface area contributed by atoms with Gasteiger partial charge in [0.1, 0.15) is 28.7 Å². The Kier molecular flexibility index (Phi) is 8.79. The number of ether oxygens (including phenoxy) is 5. The van der Waals surface area contributed by atoms with Crippen molar-refractivity contribution in [1.82, 2.24) is 10.3 Å². The summed E-state index contributed by atoms with van der Waals surface area (Å²) in [5, 5.41) is 3.48. The van der Waals surface area contributed by atoms with Crippen molar-refractivity contribution in [2.24, 2.45) is 17.8 Å². The SMILES string of the molecule is C=C[C@H]1CC1(NC(=O)[C@@H]1C[C@@H](Oc2cc(C(=O)OC)nc3cc(OC)ccc23)CC1C(=O)OC(C)(C)C)C(=O)OCC. The van der Waals surface area contributed by atoms with Crippen molar-refractivity contribution in [3.63, 3.8) is 0 Å². The highest BCUT2D eigenvalue weighted by atomic mass is 16.6. The first kappa shape index (κ1) is 30.8. The van der Waals surface area contributed by atoms with Crippen molar-refractivity contribution in [2.45, 2.75) is 64.2 Å². The van der Waals surface area contributed by atoms with Crippen LogP contribution in [0.2, 0.25) is 0 Å². The van der Waals surface area contributed by atoms with Gasteiger partial charge in [-0.3, -0.25) is 9.59 Å². The molecule has 2 aromatic rings. The van der Waals surface area contributed by atoms with Gasteiger partial charge in [-0.2, -0.15) is 0 Å². The number of carbonyl (C=O) groups excluding carboxylic acids is 4. The summed E-state index contributed by atoms with van der Waals surface area (Å²) < 4.78 is 27.5. The molecular weight excluding hydrogens is 544 g/mol. The maximum Gasteiger partial charge on any atom is 0.356 e. The Hall–Kier alpha value is -4.15. The normalized spacial score (nSPS) is 24.8. The fourth-order valence-electron chi connectivity index (χ4n) is 5.38. The standard InChI is InChI=1S/C31H38N2O9/c1-8-17-16-31(17,29(37)40-9-2)33-26(34)21-12-19(13-22(21)27(35)42-30(3,4)5)41-25-15-24(28(36)39-7)32-23-14-18(38-6)10-11-20(23)25/h8,10-11,14-15,17,19,21-22H,1,9,12-13,16H2,2-7H3,(H,33,34)/t17-,19+,21+,22?,31?/m0/s1. The van der Waals surface area contributed by atoms with Crippen molar-refractivity contribution >= 4 is 34.7 Å². The van der Waals surface area contributed by atoms with Crippen LogP contribution in [0.3, 0.4) is 0 Å². The van der Waals surface area contributed by atoms with Gasteiger partial charge in [-0.25, -0.2) is 14.6 Å². The molecule has 1 heterocycles. The van der Waals surface area contributed by atoms with Gasteiger partial charge in [0.25, 0.3) is 0 Å². The van der Waals surface area contributed by atoms with E-state index in [9.17, 15) is 19.2 Å². The van der Waals surface area contributed by atoms with Crippen LogP contribution in [0.15, 0.2) is 36.9 Å². The van der Waals surface area contributed by atoms with Gasteiger partial charge < -0.3 is 29.0 Å². The Labute approximate surface area is 244 Å². The van der Waals surface area contributed by atoms with E-state index >= 15 is 0 Å². The van der Waals surface area contributed by atoms with Crippen LogP contribution < -0.4 is 14.8 Å². The Balaban J connectivity index is 1.65. The summed E-state index contributed by atoms with van der Waals surface area (Å²) in [6.07, 6.45) is 1.74. The number of hydrogen-bond acceptors (Lipinski definition) is 10. The van der Waals surface area contributed by atoms with Gasteiger partial charge >= 0.3 is 17.9 Å². The second kappa shape index (κ2) is 12.0. The zero-order chi connectivity index (χ0) is 30.8. The van der Waals surface area contributed by atoms with Gasteiger partial charge in [0.2, 0.25) is 5.91 Å². The van der Waals surface area contributed by atoms with Crippen molar-refractivity contribution in [3.8, 4) is 11.5 Å². The summed E-state index contributed by atoms with van der Waals surface area (Å²) in [6.45, 7) is 10.9. The van der Waals surface area contributed by atoms with Crippen LogP contribution in [0.5, 0.6) is 11.5 Å². The van der Waals surface area contributed by atoms with Crippen molar-refractivity contribution in [1.29, 1.82) is 0 Å². The number of methoxy groups -OCH3 is 2. The number of carbonyl (C=O) groups is 4. The molecule has 2 fully saturated rings. The van der Waals surface area contributed by atoms with Crippen LogP contribution in [-0.2, 0) is 28.6 Å². The molecular formula is C31H38N2O9. The third kappa shape index (κ3) is 6.34. The third-order valence-electron chi connectivity index (χ3n) is 7.52. The quantitative estimate of drug-likeness (QED) is 0.250. The topological polar surface area (TPSA) is 139 Å². The number of nitrogens with one attached hydrogen (secondary N) is 1. The minimum absolute atomic E-state index is 0.0322. The molecule has 42 heavy (non-hydrogen) atoms. The molecule has 0 aliphatic heterocycles. The molecule has 0 saturated heterocycles. The van der Waals surface area contributed by atoms with E-state index in [0.29, 0.717) is 28.8 Å². The average Bonchev–Trinajstić information content (AvgIpc) is 3.50. The van der Waals surface area contributed by atoms with E-state index in [1.54, 1.807) is 52.0 Å². The number of esters is 3. The number of aromatic nitrogens is 1. The van der Waals surface area contributed by atoms with Gasteiger partial charge in [-0.05, 0) is 59.1 Å². The van der Waals surface area contributed by atoms with E-state index in [4.69, 9.17) is 23.7 Å². The van der Waals surface area contributed by atoms with Crippen LogP contribution in [0.25, 0.3) is 10.9 Å². The molecule has 2 saturated carbocycles. The smallest absolute Gasteiger partial charge is 0.356 e. The minimum atomic E-state index is -1.21. The van der Waals surface area contributed by atoms with Crippen LogP contribution in [0.4, 0.5) is 0 Å². The predicted octanol–water partition coefficient (Wildman–Crippen LogP) is 3.77. The molecule has 2 aliphatic carbocycles. The molecule has 0 radical (unpaired) electrons. The molecule has 0 spiro atoms. The molecule has 1 aromatic heterocycles. The lowest BCUT2D eigenvalue weighted by molar-refractivity contribution is -0.163. The molecule has 2 unspecified atom stereocenters. The van der Waals surface area contributed by atoms with Gasteiger partial charge in [0, 0.05) is 23.4 Å². The molecule has 1 N–H and O–H groups in total. The molecule has 2 aliphatic rings. The van der Waals surface area contributed by atoms with E-state index in [0.717, 1.165) is 0 Å². The minimum Gasteiger partial charge on any atom is -0.497 e. The van der Waals surface area contributed by atoms with Crippen LogP contribution in [0.1, 0.15) is 57.4 Å². The predicted molar refractivity (Wildman–Crippen MR) is 152 cm³/mol. The van der Waals surface area contributed by atoms with Crippen LogP contribution in [0, 0.1) is 17.8 Å². The lowest BCUT2D eigenvalue weighted by Crippen LogP contribution is -2.49. The summed E-state index contributed by atoms with van der Waals surface area (Å²) in [4.78, 5) is 56.6. The van der Waals surface area contributed by atoms with E-state index in [1.165, 1.54) is 20.3 Å². The van der Waals surface area contributed by atoms with Gasteiger partial charge in [0.15, 0.2) is 5.69 Å². The van der Waals surface area contributed by atoms with Crippen molar-refractivity contribution in [2.75, 3.05) is 20.8 Å². The maximum absolute atomic E-state index is 13.7. The summed E-state index contributed by atoms with van der Waals surface area (Å²) >= 11 is 0. The summed E-state index contributed by atoms with van der Waals surface area (Å²) in [5.74, 6) is -3.23. The lowest BCUT2D eigenvalue weighted by atomic mass is 9.94. The first-order valence-electron chi connectivity index (χ1n) is 13.9. The first-order valence-corrected chi connectivity index (χ1v) is 13.9. The van der Waals surface area contributed by atoms with Crippen LogP contribution >= 0.6 is 0 Å². The van der Waals surface area contributed by atoms with E-state index < -0.39 is 52.9 Å². The molecule has 5 atom stereocenters. The zero-order valence-corrected chi connectivity index (χ0v) is 24.9. The third-order valence-corrected chi connectivity index (χ3v) is 7.52. The molecule has 11 heteroatoms. The lowest BCUT2D eigenvalue weighted by Gasteiger charge is -2.25. The summed E-state index contributed by atoms with van der Waals surface area (Å²) in [7, 11) is 2.78. The molecule has 226 valence electrons. The van der Waals surface area contributed by atoms with Crippen molar-refractivity contribution < 1.29 is 42.9 Å². The number of rotatable bonds is 10. The highest BCUT2D eigenvalue weighted by molar-refractivity contribution is 5.95. The van der Waals surface area contributed by atoms with E-state index in [1.807, 2.05) is 0 Å². The number of hydrogen-bond donors (Lipinski definition) is 1. The fraction of sp³-hybridized carbons (Fsp3) is 0.516. The number of benzene rings is 1. The zero-order valence-electron chi connectivity index (χ0n) is 24.9. The monoisotopic (exact) mass is 582 g/mol. The Bertz CT molecular complexity index is 1400. The van der Waals surface area contributed by atoms with E-state index in [2.05, 4.69) is 16.9 Å². The summed E-state index contributed by atoms with van der Waals surface area (Å²) in [5.41, 5.74) is -1.50. The van der Waals surface area contributed by atoms with Gasteiger partial charge in [-0.15, -0.1) is 6.58 Å². The molecule has 1 amide bonds. The first-order chi connectivity index (χ1) is 19.8. The van der Waals surface area contributed by atoms with E-state index in [-0.39, 0.29) is 31.1 Å². The number of fused-ring (bicyclic) bond motifs is 1. The second-order valence-corrected chi connectivity index (χ2v) is 11.6. The Morgan fingerprint density at radius 1 is 1.12 bits per heavy atom. The number of amides is 1. The average molecular weight is 583 g/mol. The molecule has 4 rings (SSSR count). The second-order valence-electron chi connectivity index (χ2n) is 11.6. The molecule has 11 nitrogen and oxygen atoms in total. The van der Waals surface area contributed by atoms with Crippen molar-refractivity contribution in [3.05, 3.63) is 42.6 Å². The Morgan fingerprint density at radius 2 is 1.83 bits per heavy atom. The summed E-state index contributed by atoms with van der Waals surface area (Å²) in [6, 6.07) is 6.64. The van der Waals surface area contributed by atoms with Gasteiger partial charge in [-0.1, -0.05) is 6.08 Å². The highest BCUT2D eigenvalue weighted by Crippen LogP contribution is 2.47. The van der Waals surface area contributed by atoms with Gasteiger partial charge in [0.05, 0.1) is 38.2 Å².